The molecular formula is C4H5F3NO2S. The summed E-state index contributed by atoms with van der Waals surface area (Å²) >= 11 is -2.28. The molecule has 1 unspecified atom stereocenters. The van der Waals surface area contributed by atoms with Crippen LogP contribution >= 0.6 is 0 Å². The van der Waals surface area contributed by atoms with Crippen LogP contribution in [0.5, 0.6) is 0 Å². The summed E-state index contributed by atoms with van der Waals surface area (Å²) in [7, 11) is 0. The van der Waals surface area contributed by atoms with Gasteiger partial charge in [-0.05, 0) is 11.2 Å². The highest BCUT2D eigenvalue weighted by Gasteiger charge is 2.35. The zero-order valence-electron chi connectivity index (χ0n) is 5.27. The molecule has 0 saturated heterocycles. The third kappa shape index (κ3) is 7.47. The summed E-state index contributed by atoms with van der Waals surface area (Å²) in [6.07, 6.45) is -4.53. The van der Waals surface area contributed by atoms with Crippen LogP contribution in [0.15, 0.2) is 0 Å². The van der Waals surface area contributed by atoms with Gasteiger partial charge in [0.1, 0.15) is 0 Å². The van der Waals surface area contributed by atoms with Gasteiger partial charge in [-0.15, -0.1) is 0 Å². The van der Waals surface area contributed by atoms with Crippen LogP contribution in [-0.2, 0) is 16.0 Å². The fourth-order valence-electron chi connectivity index (χ4n) is 0.380. The highest BCUT2D eigenvalue weighted by Crippen LogP contribution is 2.17. The molecule has 0 aliphatic heterocycles. The number of alkyl halides is 3. The van der Waals surface area contributed by atoms with E-state index in [0.29, 0.717) is 0 Å². The lowest BCUT2D eigenvalue weighted by Crippen LogP contribution is -2.28. The number of nitrogens with one attached hydrogen (secondary N) is 1. The van der Waals surface area contributed by atoms with Gasteiger partial charge in [0.15, 0.2) is 5.75 Å². The number of rotatable bonds is 3. The van der Waals surface area contributed by atoms with Gasteiger partial charge in [-0.1, -0.05) is 0 Å². The van der Waals surface area contributed by atoms with E-state index < -0.39 is 34.8 Å². The molecule has 7 heteroatoms. The van der Waals surface area contributed by atoms with Crippen LogP contribution in [0.3, 0.4) is 0 Å². The Hall–Kier alpha value is -0.430. The van der Waals surface area contributed by atoms with Crippen molar-refractivity contribution in [2.75, 3.05) is 11.5 Å². The predicted octanol–water partition coefficient (Wildman–Crippen LogP) is 0.107. The molecule has 1 amide bonds. The van der Waals surface area contributed by atoms with E-state index in [2.05, 4.69) is 0 Å². The third-order valence-electron chi connectivity index (χ3n) is 0.617. The zero-order chi connectivity index (χ0) is 9.07. The molecule has 3 nitrogen and oxygen atoms in total. The molecule has 0 aromatic rings. The molecule has 0 aromatic heterocycles. The summed E-state index contributed by atoms with van der Waals surface area (Å²) in [5, 5.41) is 0. The predicted molar refractivity (Wildman–Crippen MR) is 32.0 cm³/mol. The summed E-state index contributed by atoms with van der Waals surface area (Å²) in [5.41, 5.74) is 6.22. The Morgan fingerprint density at radius 2 is 2.00 bits per heavy atom. The SMILES string of the molecule is [NH]C(=O)C[S+]([O-])CC(F)(F)F. The van der Waals surface area contributed by atoms with E-state index in [1.165, 1.54) is 0 Å². The second-order valence-corrected chi connectivity index (χ2v) is 3.22. The number of halogens is 3. The Kier molecular flexibility index (Phi) is 3.67. The van der Waals surface area contributed by atoms with Gasteiger partial charge in [-0.25, -0.2) is 0 Å². The minimum absolute atomic E-state index is 0.848. The van der Waals surface area contributed by atoms with E-state index >= 15 is 0 Å². The second-order valence-electron chi connectivity index (χ2n) is 1.77. The van der Waals surface area contributed by atoms with E-state index in [1.807, 2.05) is 0 Å². The number of hydrogen-bond acceptors (Lipinski definition) is 2. The van der Waals surface area contributed by atoms with Crippen LogP contribution in [-0.4, -0.2) is 28.1 Å². The van der Waals surface area contributed by atoms with Crippen LogP contribution < -0.4 is 5.73 Å². The third-order valence-corrected chi connectivity index (χ3v) is 1.85. The minimum Gasteiger partial charge on any atom is -0.616 e. The smallest absolute Gasteiger partial charge is 0.433 e. The normalized spacial score (nSPS) is 14.5. The number of carbonyl (C=O) groups excluding carboxylic acids is 1. The maximum absolute atomic E-state index is 11.4. The summed E-state index contributed by atoms with van der Waals surface area (Å²) in [4.78, 5) is 9.85. The average molecular weight is 188 g/mol. The van der Waals surface area contributed by atoms with E-state index in [4.69, 9.17) is 5.73 Å². The van der Waals surface area contributed by atoms with Gasteiger partial charge in [0, 0.05) is 0 Å². The van der Waals surface area contributed by atoms with Crippen LogP contribution in [0, 0.1) is 0 Å². The minimum atomic E-state index is -4.53. The van der Waals surface area contributed by atoms with Crippen molar-refractivity contribution in [3.8, 4) is 0 Å². The van der Waals surface area contributed by atoms with Gasteiger partial charge in [0.05, 0.1) is 0 Å². The first-order valence-electron chi connectivity index (χ1n) is 2.47. The molecule has 11 heavy (non-hydrogen) atoms. The van der Waals surface area contributed by atoms with Crippen molar-refractivity contribution < 1.29 is 22.5 Å². The highest BCUT2D eigenvalue weighted by atomic mass is 32.2. The van der Waals surface area contributed by atoms with Gasteiger partial charge < -0.3 is 4.55 Å². The summed E-state index contributed by atoms with van der Waals surface area (Å²) in [6, 6.07) is 0. The number of carbonyl (C=O) groups is 1. The standard InChI is InChI=1S/C4H5F3NO2S/c5-4(6,7)2-11(10)1-3(8)9/h8H,1-2H2. The molecular weight excluding hydrogens is 183 g/mol. The van der Waals surface area contributed by atoms with E-state index in [-0.39, 0.29) is 0 Å². The quantitative estimate of drug-likeness (QED) is 0.590. The topological polar surface area (TPSA) is 63.9 Å². The lowest BCUT2D eigenvalue weighted by atomic mass is 10.8. The first kappa shape index (κ1) is 10.6. The molecule has 1 N–H and O–H groups in total. The molecule has 0 aliphatic carbocycles. The molecule has 1 atom stereocenters. The summed E-state index contributed by atoms with van der Waals surface area (Å²) in [6.45, 7) is 0. The molecule has 0 aliphatic rings. The van der Waals surface area contributed by atoms with Crippen molar-refractivity contribution >= 4 is 17.1 Å². The Labute approximate surface area is 63.9 Å². The molecule has 1 radical (unpaired) electrons. The van der Waals surface area contributed by atoms with Crippen molar-refractivity contribution in [1.29, 1.82) is 0 Å². The van der Waals surface area contributed by atoms with E-state index in [9.17, 15) is 22.5 Å². The van der Waals surface area contributed by atoms with Gasteiger partial charge in [0.25, 0.3) is 5.91 Å². The fraction of sp³-hybridized carbons (Fsp3) is 0.750. The van der Waals surface area contributed by atoms with Crippen LogP contribution in [0.25, 0.3) is 0 Å². The first-order chi connectivity index (χ1) is 4.81. The molecule has 65 valence electrons. The summed E-state index contributed by atoms with van der Waals surface area (Å²) in [5.74, 6) is -3.61. The lowest BCUT2D eigenvalue weighted by Gasteiger charge is -2.10. The molecule has 0 rings (SSSR count). The second kappa shape index (κ2) is 3.82. The maximum atomic E-state index is 11.4. The van der Waals surface area contributed by atoms with E-state index in [1.54, 1.807) is 0 Å². The molecule has 0 heterocycles. The number of amides is 1. The van der Waals surface area contributed by atoms with Gasteiger partial charge in [0.2, 0.25) is 5.75 Å². The molecule has 0 spiro atoms. The lowest BCUT2D eigenvalue weighted by molar-refractivity contribution is -0.116. The number of hydrogen-bond donors (Lipinski definition) is 0. The largest absolute Gasteiger partial charge is 0.616 e. The Bertz CT molecular complexity index is 149. The molecule has 0 aromatic carbocycles. The van der Waals surface area contributed by atoms with Crippen LogP contribution in [0.1, 0.15) is 0 Å². The Morgan fingerprint density at radius 3 is 2.27 bits per heavy atom. The Morgan fingerprint density at radius 1 is 1.55 bits per heavy atom. The van der Waals surface area contributed by atoms with Crippen molar-refractivity contribution in [3.63, 3.8) is 0 Å². The summed E-state index contributed by atoms with van der Waals surface area (Å²) < 4.78 is 44.5. The van der Waals surface area contributed by atoms with Crippen molar-refractivity contribution in [2.24, 2.45) is 0 Å². The maximum Gasteiger partial charge on any atom is 0.433 e. The first-order valence-corrected chi connectivity index (χ1v) is 3.96. The zero-order valence-corrected chi connectivity index (χ0v) is 6.09. The van der Waals surface area contributed by atoms with Crippen LogP contribution in [0.4, 0.5) is 13.2 Å². The molecule has 0 bridgehead atoms. The van der Waals surface area contributed by atoms with Crippen molar-refractivity contribution in [2.45, 2.75) is 6.18 Å². The highest BCUT2D eigenvalue weighted by molar-refractivity contribution is 7.92. The van der Waals surface area contributed by atoms with Gasteiger partial charge >= 0.3 is 6.18 Å². The Balaban J connectivity index is 3.69. The van der Waals surface area contributed by atoms with Crippen molar-refractivity contribution in [3.05, 3.63) is 0 Å². The van der Waals surface area contributed by atoms with Crippen LogP contribution in [0.2, 0.25) is 0 Å². The molecule has 0 saturated carbocycles. The van der Waals surface area contributed by atoms with Gasteiger partial charge in [-0.3, -0.25) is 10.5 Å². The molecule has 0 fully saturated rings. The fourth-order valence-corrected chi connectivity index (χ4v) is 1.14. The van der Waals surface area contributed by atoms with Crippen molar-refractivity contribution in [1.82, 2.24) is 5.73 Å². The van der Waals surface area contributed by atoms with Gasteiger partial charge in [-0.2, -0.15) is 13.2 Å². The average Bonchev–Trinajstić information content (AvgIpc) is 1.53. The monoisotopic (exact) mass is 188 g/mol. The van der Waals surface area contributed by atoms with E-state index in [0.717, 1.165) is 0 Å².